The number of rotatable bonds is 4. The Morgan fingerprint density at radius 3 is 2.53 bits per heavy atom. The quantitative estimate of drug-likeness (QED) is 0.742. The van der Waals surface area contributed by atoms with Crippen LogP contribution >= 0.6 is 0 Å². The van der Waals surface area contributed by atoms with Gasteiger partial charge in [0.2, 0.25) is 5.91 Å². The van der Waals surface area contributed by atoms with Crippen molar-refractivity contribution in [3.63, 3.8) is 0 Å². The van der Waals surface area contributed by atoms with Gasteiger partial charge in [-0.25, -0.2) is 0 Å². The highest BCUT2D eigenvalue weighted by molar-refractivity contribution is 5.81. The summed E-state index contributed by atoms with van der Waals surface area (Å²) in [5.41, 5.74) is 0.768. The standard InChI is InChI=1S/C12H22N4O/c1-8(10-6-7-13-16-10)14-9(2)11(17)15-12(3,4)5/h6-9,14H,1-5H3,(H,13,16)(H,15,17). The minimum atomic E-state index is -0.243. The molecule has 0 spiro atoms. The number of hydrogen-bond donors (Lipinski definition) is 3. The molecule has 0 saturated carbocycles. The van der Waals surface area contributed by atoms with Crippen molar-refractivity contribution >= 4 is 5.91 Å². The molecule has 1 rings (SSSR count). The van der Waals surface area contributed by atoms with Gasteiger partial charge in [-0.3, -0.25) is 15.2 Å². The lowest BCUT2D eigenvalue weighted by Gasteiger charge is -2.25. The van der Waals surface area contributed by atoms with Crippen LogP contribution in [0.3, 0.4) is 0 Å². The molecule has 5 nitrogen and oxygen atoms in total. The Kier molecular flexibility index (Phi) is 4.28. The van der Waals surface area contributed by atoms with Gasteiger partial charge in [-0.1, -0.05) is 0 Å². The number of nitrogens with one attached hydrogen (secondary N) is 3. The molecule has 2 unspecified atom stereocenters. The average molecular weight is 238 g/mol. The molecule has 1 amide bonds. The predicted molar refractivity (Wildman–Crippen MR) is 67.5 cm³/mol. The highest BCUT2D eigenvalue weighted by Gasteiger charge is 2.20. The largest absolute Gasteiger partial charge is 0.350 e. The Bertz CT molecular complexity index is 353. The Morgan fingerprint density at radius 2 is 2.06 bits per heavy atom. The number of amides is 1. The van der Waals surface area contributed by atoms with Gasteiger partial charge in [0.1, 0.15) is 0 Å². The molecule has 0 radical (unpaired) electrons. The second-order valence-electron chi connectivity index (χ2n) is 5.36. The number of carbonyl (C=O) groups excluding carboxylic acids is 1. The van der Waals surface area contributed by atoms with Crippen molar-refractivity contribution in [1.82, 2.24) is 20.8 Å². The third-order valence-electron chi connectivity index (χ3n) is 2.38. The summed E-state index contributed by atoms with van der Waals surface area (Å²) in [5, 5.41) is 12.9. The number of H-pyrrole nitrogens is 1. The van der Waals surface area contributed by atoms with Crippen LogP contribution in [0.4, 0.5) is 0 Å². The second-order valence-corrected chi connectivity index (χ2v) is 5.36. The van der Waals surface area contributed by atoms with E-state index in [1.54, 1.807) is 6.20 Å². The van der Waals surface area contributed by atoms with Gasteiger partial charge in [0, 0.05) is 17.8 Å². The molecule has 0 aliphatic rings. The van der Waals surface area contributed by atoms with Crippen molar-refractivity contribution in [1.29, 1.82) is 0 Å². The van der Waals surface area contributed by atoms with Crippen LogP contribution in [0.15, 0.2) is 12.3 Å². The zero-order valence-corrected chi connectivity index (χ0v) is 11.2. The van der Waals surface area contributed by atoms with Crippen molar-refractivity contribution in [2.45, 2.75) is 52.2 Å². The van der Waals surface area contributed by atoms with Crippen molar-refractivity contribution in [2.24, 2.45) is 0 Å². The summed E-state index contributed by atoms with van der Waals surface area (Å²) in [5.74, 6) is 0.00358. The molecule has 1 heterocycles. The van der Waals surface area contributed by atoms with Gasteiger partial charge in [0.15, 0.2) is 0 Å². The Morgan fingerprint density at radius 1 is 1.41 bits per heavy atom. The molecule has 96 valence electrons. The summed E-state index contributed by atoms with van der Waals surface area (Å²) >= 11 is 0. The van der Waals surface area contributed by atoms with E-state index < -0.39 is 0 Å². The normalized spacial score (nSPS) is 15.4. The lowest BCUT2D eigenvalue weighted by atomic mass is 10.1. The molecule has 0 aliphatic carbocycles. The number of nitrogens with zero attached hydrogens (tertiary/aromatic N) is 1. The molecule has 0 fully saturated rings. The first-order valence-electron chi connectivity index (χ1n) is 5.87. The summed E-state index contributed by atoms with van der Waals surface area (Å²) in [6.07, 6.45) is 1.70. The molecule has 0 aliphatic heterocycles. The summed E-state index contributed by atoms with van der Waals surface area (Å²) < 4.78 is 0. The van der Waals surface area contributed by atoms with Crippen LogP contribution < -0.4 is 10.6 Å². The van der Waals surface area contributed by atoms with Crippen LogP contribution in [0.2, 0.25) is 0 Å². The minimum Gasteiger partial charge on any atom is -0.350 e. The van der Waals surface area contributed by atoms with Gasteiger partial charge in [-0.05, 0) is 40.7 Å². The molecular weight excluding hydrogens is 216 g/mol. The Labute approximate surface area is 102 Å². The van der Waals surface area contributed by atoms with E-state index in [0.717, 1.165) is 5.69 Å². The minimum absolute atomic E-state index is 0.00358. The molecule has 0 saturated heterocycles. The maximum absolute atomic E-state index is 11.9. The van der Waals surface area contributed by atoms with Gasteiger partial charge in [0.05, 0.1) is 11.7 Å². The highest BCUT2D eigenvalue weighted by Crippen LogP contribution is 2.09. The zero-order valence-electron chi connectivity index (χ0n) is 11.2. The van der Waals surface area contributed by atoms with Crippen molar-refractivity contribution < 1.29 is 4.79 Å². The third kappa shape index (κ3) is 4.56. The highest BCUT2D eigenvalue weighted by atomic mass is 16.2. The molecule has 17 heavy (non-hydrogen) atoms. The molecule has 3 N–H and O–H groups in total. The lowest BCUT2D eigenvalue weighted by Crippen LogP contribution is -2.50. The predicted octanol–water partition coefficient (Wildman–Crippen LogP) is 1.36. The molecule has 1 aromatic rings. The summed E-state index contributed by atoms with van der Waals surface area (Å²) in [4.78, 5) is 11.9. The van der Waals surface area contributed by atoms with Gasteiger partial charge in [-0.2, -0.15) is 5.10 Å². The number of aromatic nitrogens is 2. The van der Waals surface area contributed by atoms with Crippen molar-refractivity contribution in [3.8, 4) is 0 Å². The smallest absolute Gasteiger partial charge is 0.237 e. The zero-order chi connectivity index (χ0) is 13.1. The number of carbonyl (C=O) groups is 1. The van der Waals surface area contributed by atoms with Crippen LogP contribution in [0.5, 0.6) is 0 Å². The number of hydrogen-bond acceptors (Lipinski definition) is 3. The van der Waals surface area contributed by atoms with Crippen LogP contribution in [0, 0.1) is 0 Å². The first-order chi connectivity index (χ1) is 7.79. The van der Waals surface area contributed by atoms with Crippen LogP contribution in [0.1, 0.15) is 46.4 Å². The third-order valence-corrected chi connectivity index (χ3v) is 2.38. The molecule has 5 heteroatoms. The SMILES string of the molecule is CC(NC(C)c1ccn[nH]1)C(=O)NC(C)(C)C. The first-order valence-corrected chi connectivity index (χ1v) is 5.87. The number of aromatic amines is 1. The van der Waals surface area contributed by atoms with E-state index in [0.29, 0.717) is 0 Å². The van der Waals surface area contributed by atoms with E-state index >= 15 is 0 Å². The maximum Gasteiger partial charge on any atom is 0.237 e. The van der Waals surface area contributed by atoms with Crippen LogP contribution in [0.25, 0.3) is 0 Å². The van der Waals surface area contributed by atoms with Gasteiger partial charge < -0.3 is 5.32 Å². The van der Waals surface area contributed by atoms with E-state index in [1.165, 1.54) is 0 Å². The van der Waals surface area contributed by atoms with Gasteiger partial charge >= 0.3 is 0 Å². The van der Waals surface area contributed by atoms with E-state index in [4.69, 9.17) is 0 Å². The van der Waals surface area contributed by atoms with E-state index in [-0.39, 0.29) is 23.5 Å². The molecule has 1 aromatic heterocycles. The first kappa shape index (κ1) is 13.7. The topological polar surface area (TPSA) is 69.8 Å². The fraction of sp³-hybridized carbons (Fsp3) is 0.667. The average Bonchev–Trinajstić information content (AvgIpc) is 2.67. The molecule has 0 aromatic carbocycles. The van der Waals surface area contributed by atoms with E-state index in [2.05, 4.69) is 20.8 Å². The summed E-state index contributed by atoms with van der Waals surface area (Å²) in [7, 11) is 0. The summed E-state index contributed by atoms with van der Waals surface area (Å²) in [6, 6.07) is 1.72. The molecular formula is C12H22N4O. The van der Waals surface area contributed by atoms with Crippen molar-refractivity contribution in [3.05, 3.63) is 18.0 Å². The maximum atomic E-state index is 11.9. The van der Waals surface area contributed by atoms with Gasteiger partial charge in [-0.15, -0.1) is 0 Å². The van der Waals surface area contributed by atoms with Crippen molar-refractivity contribution in [2.75, 3.05) is 0 Å². The van der Waals surface area contributed by atoms with Crippen LogP contribution in [-0.2, 0) is 4.79 Å². The Balaban J connectivity index is 2.49. The van der Waals surface area contributed by atoms with Gasteiger partial charge in [0.25, 0.3) is 0 Å². The second kappa shape index (κ2) is 5.31. The molecule has 0 bridgehead atoms. The van der Waals surface area contributed by atoms with Crippen LogP contribution in [-0.4, -0.2) is 27.7 Å². The molecule has 2 atom stereocenters. The monoisotopic (exact) mass is 238 g/mol. The lowest BCUT2D eigenvalue weighted by molar-refractivity contribution is -0.124. The van der Waals surface area contributed by atoms with E-state index in [9.17, 15) is 4.79 Å². The Hall–Kier alpha value is -1.36. The van der Waals surface area contributed by atoms with E-state index in [1.807, 2.05) is 40.7 Å². The fourth-order valence-corrected chi connectivity index (χ4v) is 1.53. The fourth-order valence-electron chi connectivity index (χ4n) is 1.53. The summed E-state index contributed by atoms with van der Waals surface area (Å²) in [6.45, 7) is 9.75.